The fourth-order valence-corrected chi connectivity index (χ4v) is 2.08. The molecule has 0 aliphatic heterocycles. The fourth-order valence-electron chi connectivity index (χ4n) is 2.08. The number of aryl methyl sites for hydroxylation is 2. The van der Waals surface area contributed by atoms with Crippen LogP contribution in [-0.2, 0) is 20.2 Å². The van der Waals surface area contributed by atoms with Gasteiger partial charge in [-0.1, -0.05) is 31.5 Å². The van der Waals surface area contributed by atoms with E-state index >= 15 is 0 Å². The first-order chi connectivity index (χ1) is 10.1. The summed E-state index contributed by atoms with van der Waals surface area (Å²) in [5.41, 5.74) is 2.42. The van der Waals surface area contributed by atoms with Gasteiger partial charge in [0.2, 0.25) is 0 Å². The second-order valence-electron chi connectivity index (χ2n) is 5.72. The van der Waals surface area contributed by atoms with Gasteiger partial charge in [-0.25, -0.2) is 4.98 Å². The van der Waals surface area contributed by atoms with Crippen molar-refractivity contribution in [2.45, 2.75) is 33.9 Å². The number of hydrogen-bond donors (Lipinski definition) is 1. The minimum atomic E-state index is 0.427. The molecule has 0 aliphatic carbocycles. The Labute approximate surface area is 126 Å². The zero-order valence-corrected chi connectivity index (χ0v) is 13.3. The zero-order valence-electron chi connectivity index (χ0n) is 13.3. The average molecular weight is 288 g/mol. The summed E-state index contributed by atoms with van der Waals surface area (Å²) < 4.78 is 7.64. The van der Waals surface area contributed by atoms with E-state index in [1.807, 2.05) is 13.1 Å². The highest BCUT2D eigenvalue weighted by molar-refractivity contribution is 5.36. The van der Waals surface area contributed by atoms with Crippen LogP contribution >= 0.6 is 0 Å². The van der Waals surface area contributed by atoms with Crippen LogP contribution in [0.3, 0.4) is 0 Å². The summed E-state index contributed by atoms with van der Waals surface area (Å²) in [7, 11) is 1.87. The molecule has 0 bridgehead atoms. The van der Waals surface area contributed by atoms with Gasteiger partial charge in [0.25, 0.3) is 0 Å². The number of benzene rings is 1. The second kappa shape index (κ2) is 7.22. The first-order valence-corrected chi connectivity index (χ1v) is 7.32. The molecule has 2 rings (SSSR count). The summed E-state index contributed by atoms with van der Waals surface area (Å²) >= 11 is 0. The zero-order chi connectivity index (χ0) is 15.2. The van der Waals surface area contributed by atoms with Crippen LogP contribution in [0.2, 0.25) is 0 Å². The number of rotatable bonds is 7. The SMILES string of the molecule is Cc1ccc(OCc2ncnn2C)c(CNCC(C)C)c1. The number of ether oxygens (including phenoxy) is 1. The van der Waals surface area contributed by atoms with E-state index in [1.54, 1.807) is 11.0 Å². The molecule has 0 unspecified atom stereocenters. The van der Waals surface area contributed by atoms with Gasteiger partial charge in [0.05, 0.1) is 0 Å². The van der Waals surface area contributed by atoms with E-state index in [9.17, 15) is 0 Å². The molecule has 1 aromatic heterocycles. The van der Waals surface area contributed by atoms with Gasteiger partial charge in [0.15, 0.2) is 5.82 Å². The van der Waals surface area contributed by atoms with Crippen molar-refractivity contribution >= 4 is 0 Å². The van der Waals surface area contributed by atoms with Crippen LogP contribution in [0.15, 0.2) is 24.5 Å². The van der Waals surface area contributed by atoms with Gasteiger partial charge in [-0.2, -0.15) is 5.10 Å². The monoisotopic (exact) mass is 288 g/mol. The first kappa shape index (κ1) is 15.5. The third kappa shape index (κ3) is 4.56. The Kier molecular flexibility index (Phi) is 5.33. The molecule has 21 heavy (non-hydrogen) atoms. The fraction of sp³-hybridized carbons (Fsp3) is 0.500. The predicted octanol–water partition coefficient (Wildman–Crippen LogP) is 2.45. The quantitative estimate of drug-likeness (QED) is 0.850. The molecule has 0 saturated carbocycles. The minimum Gasteiger partial charge on any atom is -0.485 e. The molecule has 0 atom stereocenters. The largest absolute Gasteiger partial charge is 0.485 e. The van der Waals surface area contributed by atoms with Crippen molar-refractivity contribution in [3.05, 3.63) is 41.5 Å². The lowest BCUT2D eigenvalue weighted by molar-refractivity contribution is 0.286. The molecule has 1 heterocycles. The van der Waals surface area contributed by atoms with Gasteiger partial charge in [-0.15, -0.1) is 0 Å². The van der Waals surface area contributed by atoms with Crippen molar-refractivity contribution in [2.24, 2.45) is 13.0 Å². The summed E-state index contributed by atoms with van der Waals surface area (Å²) in [6, 6.07) is 6.26. The molecular weight excluding hydrogens is 264 g/mol. The predicted molar refractivity (Wildman–Crippen MR) is 83.1 cm³/mol. The van der Waals surface area contributed by atoms with Crippen molar-refractivity contribution in [2.75, 3.05) is 6.54 Å². The lowest BCUT2D eigenvalue weighted by Gasteiger charge is -2.14. The third-order valence-corrected chi connectivity index (χ3v) is 3.25. The highest BCUT2D eigenvalue weighted by Gasteiger charge is 2.07. The molecule has 1 aromatic carbocycles. The molecule has 1 N–H and O–H groups in total. The summed E-state index contributed by atoms with van der Waals surface area (Å²) in [4.78, 5) is 4.17. The van der Waals surface area contributed by atoms with Gasteiger partial charge in [0, 0.05) is 19.2 Å². The highest BCUT2D eigenvalue weighted by Crippen LogP contribution is 2.21. The molecule has 0 fully saturated rings. The van der Waals surface area contributed by atoms with E-state index in [0.717, 1.165) is 24.7 Å². The van der Waals surface area contributed by atoms with Crippen LogP contribution in [0.1, 0.15) is 30.8 Å². The lowest BCUT2D eigenvalue weighted by Crippen LogP contribution is -2.19. The molecule has 114 valence electrons. The number of hydrogen-bond acceptors (Lipinski definition) is 4. The summed E-state index contributed by atoms with van der Waals surface area (Å²) in [5, 5.41) is 7.51. The van der Waals surface area contributed by atoms with Gasteiger partial charge >= 0.3 is 0 Å². The summed E-state index contributed by atoms with van der Waals surface area (Å²) in [6.45, 7) is 8.74. The Morgan fingerprint density at radius 2 is 2.14 bits per heavy atom. The van der Waals surface area contributed by atoms with Crippen molar-refractivity contribution in [3.8, 4) is 5.75 Å². The van der Waals surface area contributed by atoms with Crippen LogP contribution in [0.5, 0.6) is 5.75 Å². The summed E-state index contributed by atoms with van der Waals surface area (Å²) in [6.07, 6.45) is 1.54. The molecular formula is C16H24N4O. The second-order valence-corrected chi connectivity index (χ2v) is 5.72. The highest BCUT2D eigenvalue weighted by atomic mass is 16.5. The average Bonchev–Trinajstić information content (AvgIpc) is 2.83. The van der Waals surface area contributed by atoms with Crippen LogP contribution in [0.25, 0.3) is 0 Å². The van der Waals surface area contributed by atoms with Crippen LogP contribution in [0.4, 0.5) is 0 Å². The number of nitrogens with zero attached hydrogens (tertiary/aromatic N) is 3. The molecule has 0 amide bonds. The Morgan fingerprint density at radius 3 is 2.81 bits per heavy atom. The Morgan fingerprint density at radius 1 is 1.33 bits per heavy atom. The number of nitrogens with one attached hydrogen (secondary N) is 1. The van der Waals surface area contributed by atoms with E-state index in [1.165, 1.54) is 11.1 Å². The summed E-state index contributed by atoms with van der Waals surface area (Å²) in [5.74, 6) is 2.36. The number of aromatic nitrogens is 3. The molecule has 0 radical (unpaired) electrons. The van der Waals surface area contributed by atoms with Crippen molar-refractivity contribution in [3.63, 3.8) is 0 Å². The molecule has 0 aliphatic rings. The molecule has 0 saturated heterocycles. The molecule has 5 nitrogen and oxygen atoms in total. The van der Waals surface area contributed by atoms with Crippen molar-refractivity contribution in [1.29, 1.82) is 0 Å². The van der Waals surface area contributed by atoms with Gasteiger partial charge in [-0.05, 0) is 25.5 Å². The van der Waals surface area contributed by atoms with Gasteiger partial charge in [0.1, 0.15) is 18.7 Å². The standard InChI is InChI=1S/C16H24N4O/c1-12(2)8-17-9-14-7-13(3)5-6-15(14)21-10-16-18-11-19-20(16)4/h5-7,11-12,17H,8-10H2,1-4H3. The Balaban J connectivity index is 2.02. The van der Waals surface area contributed by atoms with Gasteiger partial charge < -0.3 is 10.1 Å². The van der Waals surface area contributed by atoms with Crippen molar-refractivity contribution in [1.82, 2.24) is 20.1 Å². The van der Waals surface area contributed by atoms with E-state index in [0.29, 0.717) is 12.5 Å². The molecule has 0 spiro atoms. The Bertz CT molecular complexity index is 577. The van der Waals surface area contributed by atoms with E-state index in [-0.39, 0.29) is 0 Å². The minimum absolute atomic E-state index is 0.427. The molecule has 5 heteroatoms. The maximum Gasteiger partial charge on any atom is 0.164 e. The first-order valence-electron chi connectivity index (χ1n) is 7.32. The Hall–Kier alpha value is -1.88. The van der Waals surface area contributed by atoms with E-state index < -0.39 is 0 Å². The van der Waals surface area contributed by atoms with E-state index in [4.69, 9.17) is 4.74 Å². The van der Waals surface area contributed by atoms with E-state index in [2.05, 4.69) is 48.3 Å². The van der Waals surface area contributed by atoms with Crippen LogP contribution in [-0.4, -0.2) is 21.3 Å². The van der Waals surface area contributed by atoms with Gasteiger partial charge in [-0.3, -0.25) is 4.68 Å². The maximum absolute atomic E-state index is 5.91. The van der Waals surface area contributed by atoms with Crippen molar-refractivity contribution < 1.29 is 4.74 Å². The van der Waals surface area contributed by atoms with Crippen LogP contribution in [0, 0.1) is 12.8 Å². The normalized spacial score (nSPS) is 11.1. The third-order valence-electron chi connectivity index (χ3n) is 3.25. The van der Waals surface area contributed by atoms with Crippen LogP contribution < -0.4 is 10.1 Å². The topological polar surface area (TPSA) is 52.0 Å². The molecule has 2 aromatic rings. The smallest absolute Gasteiger partial charge is 0.164 e. The lowest BCUT2D eigenvalue weighted by atomic mass is 10.1. The maximum atomic E-state index is 5.91.